The van der Waals surface area contributed by atoms with Crippen LogP contribution in [-0.4, -0.2) is 0 Å². The van der Waals surface area contributed by atoms with Crippen molar-refractivity contribution in [3.8, 4) is 44.5 Å². The van der Waals surface area contributed by atoms with E-state index in [1.165, 1.54) is 76.5 Å². The zero-order chi connectivity index (χ0) is 34.9. The van der Waals surface area contributed by atoms with Gasteiger partial charge in [0.2, 0.25) is 0 Å². The molecular weight excluding hydrogens is 641 g/mol. The van der Waals surface area contributed by atoms with Gasteiger partial charge in [0.05, 0.1) is 0 Å². The van der Waals surface area contributed by atoms with Gasteiger partial charge in [-0.1, -0.05) is 182 Å². The highest BCUT2D eigenvalue weighted by Crippen LogP contribution is 2.48. The molecule has 0 bridgehead atoms. The summed E-state index contributed by atoms with van der Waals surface area (Å²) in [7, 11) is 0. The van der Waals surface area contributed by atoms with Gasteiger partial charge in [-0.2, -0.15) is 0 Å². The summed E-state index contributed by atoms with van der Waals surface area (Å²) >= 11 is 0. The minimum absolute atomic E-state index is 0.889. The van der Waals surface area contributed by atoms with Gasteiger partial charge in [0.15, 0.2) is 0 Å². The Morgan fingerprint density at radius 1 is 0.245 bits per heavy atom. The maximum absolute atomic E-state index is 7.03. The minimum atomic E-state index is 0.889. The van der Waals surface area contributed by atoms with Crippen LogP contribution >= 0.6 is 0 Å². The lowest BCUT2D eigenvalue weighted by atomic mass is 9.85. The second-order valence-corrected chi connectivity index (χ2v) is 13.9. The van der Waals surface area contributed by atoms with Gasteiger partial charge in [-0.25, -0.2) is 0 Å². The van der Waals surface area contributed by atoms with Gasteiger partial charge in [0.1, 0.15) is 11.2 Å². The fourth-order valence-electron chi connectivity index (χ4n) is 8.84. The standard InChI is InChI=1S/C52H32O/c1-3-16-33(17-4-1)48-37-20-7-9-22-39(37)50(40-23-10-8-21-38(40)48)35-30-31-36-45-28-15-29-46(52(45)53-47(36)32-35)51-43-26-13-11-24-41(43)49(34-18-5-2-6-19-34)42-25-12-14-27-44(42)51/h1-32H. The van der Waals surface area contributed by atoms with E-state index in [-0.39, 0.29) is 0 Å². The van der Waals surface area contributed by atoms with Crippen LogP contribution in [0.25, 0.3) is 110 Å². The number of rotatable bonds is 4. The summed E-state index contributed by atoms with van der Waals surface area (Å²) in [6.45, 7) is 0. The zero-order valence-electron chi connectivity index (χ0n) is 28.9. The summed E-state index contributed by atoms with van der Waals surface area (Å²) in [5.41, 5.74) is 11.5. The Balaban J connectivity index is 1.18. The van der Waals surface area contributed by atoms with E-state index in [0.717, 1.165) is 33.1 Å². The Hall–Kier alpha value is -6.96. The predicted molar refractivity (Wildman–Crippen MR) is 225 cm³/mol. The highest BCUT2D eigenvalue weighted by Gasteiger charge is 2.21. The molecular formula is C52H32O. The average molecular weight is 673 g/mol. The maximum Gasteiger partial charge on any atom is 0.143 e. The minimum Gasteiger partial charge on any atom is -0.455 e. The summed E-state index contributed by atoms with van der Waals surface area (Å²) in [5, 5.41) is 12.1. The Labute approximate surface area is 307 Å². The fraction of sp³-hybridized carbons (Fsp3) is 0. The molecule has 0 unspecified atom stereocenters. The number of furan rings is 1. The summed E-state index contributed by atoms with van der Waals surface area (Å²) < 4.78 is 7.03. The highest BCUT2D eigenvalue weighted by molar-refractivity contribution is 6.25. The third kappa shape index (κ3) is 4.51. The molecule has 0 saturated heterocycles. The molecule has 1 heteroatoms. The highest BCUT2D eigenvalue weighted by atomic mass is 16.3. The van der Waals surface area contributed by atoms with Crippen LogP contribution < -0.4 is 0 Å². The van der Waals surface area contributed by atoms with Crippen LogP contribution in [0.4, 0.5) is 0 Å². The topological polar surface area (TPSA) is 13.1 Å². The van der Waals surface area contributed by atoms with Gasteiger partial charge in [0, 0.05) is 21.9 Å². The number of hydrogen-bond donors (Lipinski definition) is 0. The van der Waals surface area contributed by atoms with E-state index in [9.17, 15) is 0 Å². The van der Waals surface area contributed by atoms with Crippen molar-refractivity contribution < 1.29 is 4.42 Å². The molecule has 246 valence electrons. The molecule has 11 aromatic rings. The Morgan fingerprint density at radius 3 is 1.08 bits per heavy atom. The molecule has 0 amide bonds. The molecule has 0 radical (unpaired) electrons. The van der Waals surface area contributed by atoms with E-state index in [4.69, 9.17) is 4.42 Å². The van der Waals surface area contributed by atoms with Gasteiger partial charge in [-0.3, -0.25) is 0 Å². The maximum atomic E-state index is 7.03. The molecule has 0 aliphatic carbocycles. The van der Waals surface area contributed by atoms with Crippen molar-refractivity contribution in [2.24, 2.45) is 0 Å². The summed E-state index contributed by atoms with van der Waals surface area (Å²) in [5.74, 6) is 0. The average Bonchev–Trinajstić information content (AvgIpc) is 3.61. The van der Waals surface area contributed by atoms with Crippen molar-refractivity contribution >= 4 is 65.0 Å². The Kier molecular flexibility index (Phi) is 6.62. The van der Waals surface area contributed by atoms with E-state index in [1.807, 2.05) is 0 Å². The lowest BCUT2D eigenvalue weighted by Crippen LogP contribution is -1.90. The largest absolute Gasteiger partial charge is 0.455 e. The Bertz CT molecular complexity index is 3090. The third-order valence-corrected chi connectivity index (χ3v) is 11.0. The van der Waals surface area contributed by atoms with Crippen molar-refractivity contribution in [3.63, 3.8) is 0 Å². The van der Waals surface area contributed by atoms with Gasteiger partial charge in [-0.15, -0.1) is 0 Å². The predicted octanol–water partition coefficient (Wildman–Crippen LogP) is 14.9. The van der Waals surface area contributed by atoms with Crippen molar-refractivity contribution in [1.82, 2.24) is 0 Å². The van der Waals surface area contributed by atoms with Gasteiger partial charge >= 0.3 is 0 Å². The quantitative estimate of drug-likeness (QED) is 0.170. The van der Waals surface area contributed by atoms with Crippen LogP contribution in [-0.2, 0) is 0 Å². The number of benzene rings is 10. The molecule has 0 N–H and O–H groups in total. The van der Waals surface area contributed by atoms with E-state index < -0.39 is 0 Å². The number of hydrogen-bond acceptors (Lipinski definition) is 1. The third-order valence-electron chi connectivity index (χ3n) is 11.0. The first kappa shape index (κ1) is 29.7. The monoisotopic (exact) mass is 672 g/mol. The SMILES string of the molecule is c1ccc(-c2c3ccccc3c(-c3ccc4c(c3)oc3c(-c5c6ccccc6c(-c6ccccc6)c6ccccc56)cccc34)c3ccccc23)cc1. The van der Waals surface area contributed by atoms with Crippen LogP contribution in [0.2, 0.25) is 0 Å². The molecule has 10 aromatic carbocycles. The van der Waals surface area contributed by atoms with Crippen LogP contribution in [0, 0.1) is 0 Å². The summed E-state index contributed by atoms with van der Waals surface area (Å²) in [6, 6.07) is 70.2. The smallest absolute Gasteiger partial charge is 0.143 e. The fourth-order valence-corrected chi connectivity index (χ4v) is 8.84. The molecule has 0 atom stereocenters. The first-order valence-corrected chi connectivity index (χ1v) is 18.3. The summed E-state index contributed by atoms with van der Waals surface area (Å²) in [6.07, 6.45) is 0. The van der Waals surface area contributed by atoms with Gasteiger partial charge in [-0.05, 0) is 88.6 Å². The van der Waals surface area contributed by atoms with E-state index in [2.05, 4.69) is 194 Å². The van der Waals surface area contributed by atoms with E-state index in [1.54, 1.807) is 0 Å². The van der Waals surface area contributed by atoms with Gasteiger partial charge < -0.3 is 4.42 Å². The lowest BCUT2D eigenvalue weighted by Gasteiger charge is -2.17. The van der Waals surface area contributed by atoms with Crippen molar-refractivity contribution in [2.45, 2.75) is 0 Å². The molecule has 0 aliphatic heterocycles. The van der Waals surface area contributed by atoms with Crippen LogP contribution in [0.3, 0.4) is 0 Å². The molecule has 0 aliphatic rings. The normalized spacial score (nSPS) is 11.8. The van der Waals surface area contributed by atoms with Crippen LogP contribution in [0.1, 0.15) is 0 Å². The van der Waals surface area contributed by atoms with Gasteiger partial charge in [0.25, 0.3) is 0 Å². The molecule has 0 saturated carbocycles. The molecule has 1 nitrogen and oxygen atoms in total. The number of fused-ring (bicyclic) bond motifs is 7. The lowest BCUT2D eigenvalue weighted by molar-refractivity contribution is 0.670. The second kappa shape index (κ2) is 11.8. The molecule has 1 heterocycles. The molecule has 0 spiro atoms. The molecule has 1 aromatic heterocycles. The van der Waals surface area contributed by atoms with Crippen molar-refractivity contribution in [1.29, 1.82) is 0 Å². The summed E-state index contributed by atoms with van der Waals surface area (Å²) in [4.78, 5) is 0. The van der Waals surface area contributed by atoms with Crippen molar-refractivity contribution in [3.05, 3.63) is 194 Å². The van der Waals surface area contributed by atoms with E-state index in [0.29, 0.717) is 0 Å². The molecule has 11 rings (SSSR count). The van der Waals surface area contributed by atoms with Crippen molar-refractivity contribution in [2.75, 3.05) is 0 Å². The van der Waals surface area contributed by atoms with Crippen LogP contribution in [0.5, 0.6) is 0 Å². The first-order chi connectivity index (χ1) is 26.3. The van der Waals surface area contributed by atoms with Crippen LogP contribution in [0.15, 0.2) is 199 Å². The zero-order valence-corrected chi connectivity index (χ0v) is 28.9. The first-order valence-electron chi connectivity index (χ1n) is 18.3. The number of para-hydroxylation sites is 1. The second-order valence-electron chi connectivity index (χ2n) is 13.9. The van der Waals surface area contributed by atoms with E-state index >= 15 is 0 Å². The Morgan fingerprint density at radius 2 is 0.623 bits per heavy atom. The molecule has 53 heavy (non-hydrogen) atoms. The molecule has 0 fully saturated rings.